The van der Waals surface area contributed by atoms with Crippen LogP contribution in [0.1, 0.15) is 29.2 Å². The van der Waals surface area contributed by atoms with Gasteiger partial charge in [0.2, 0.25) is 0 Å². The molecule has 0 unspecified atom stereocenters. The van der Waals surface area contributed by atoms with E-state index in [0.717, 1.165) is 12.8 Å². The summed E-state index contributed by atoms with van der Waals surface area (Å²) in [6, 6.07) is 4.12. The van der Waals surface area contributed by atoms with Crippen LogP contribution in [0.2, 0.25) is 5.02 Å². The minimum Gasteiger partial charge on any atom is -0.336 e. The molecule has 1 amide bonds. The number of nitrogens with zero attached hydrogens (tertiary/aromatic N) is 5. The van der Waals surface area contributed by atoms with Crippen molar-refractivity contribution in [2.24, 2.45) is 0 Å². The van der Waals surface area contributed by atoms with Gasteiger partial charge in [0.05, 0.1) is 11.0 Å². The number of halogens is 1. The van der Waals surface area contributed by atoms with Crippen LogP contribution >= 0.6 is 11.6 Å². The van der Waals surface area contributed by atoms with E-state index in [4.69, 9.17) is 11.6 Å². The maximum absolute atomic E-state index is 12.7. The number of aromatic nitrogens is 3. The Morgan fingerprint density at radius 3 is 2.96 bits per heavy atom. The number of piperidine rings is 1. The lowest BCUT2D eigenvalue weighted by molar-refractivity contribution is -0.385. The Morgan fingerprint density at radius 2 is 2.26 bits per heavy atom. The Bertz CT molecular complexity index is 734. The van der Waals surface area contributed by atoms with Crippen molar-refractivity contribution in [2.45, 2.75) is 18.9 Å². The van der Waals surface area contributed by atoms with E-state index < -0.39 is 4.92 Å². The summed E-state index contributed by atoms with van der Waals surface area (Å²) < 4.78 is 1.72. The molecule has 0 radical (unpaired) electrons. The van der Waals surface area contributed by atoms with Crippen molar-refractivity contribution >= 4 is 23.2 Å². The molecule has 0 spiro atoms. The maximum atomic E-state index is 12.7. The van der Waals surface area contributed by atoms with E-state index in [9.17, 15) is 14.9 Å². The van der Waals surface area contributed by atoms with E-state index in [1.807, 2.05) is 0 Å². The average Bonchev–Trinajstić information content (AvgIpc) is 3.09. The van der Waals surface area contributed by atoms with E-state index in [1.54, 1.807) is 15.9 Å². The normalized spacial score (nSPS) is 18.0. The summed E-state index contributed by atoms with van der Waals surface area (Å²) in [5.74, 6) is -0.363. The quantitative estimate of drug-likeness (QED) is 0.633. The fourth-order valence-corrected chi connectivity index (χ4v) is 2.93. The second kappa shape index (κ2) is 6.33. The third-order valence-electron chi connectivity index (χ3n) is 3.88. The van der Waals surface area contributed by atoms with E-state index in [0.29, 0.717) is 13.1 Å². The summed E-state index contributed by atoms with van der Waals surface area (Å²) in [7, 11) is 0. The summed E-state index contributed by atoms with van der Waals surface area (Å²) >= 11 is 5.79. The molecule has 1 aromatic carbocycles. The van der Waals surface area contributed by atoms with Crippen LogP contribution in [-0.2, 0) is 0 Å². The summed E-state index contributed by atoms with van der Waals surface area (Å²) in [5, 5.41) is 15.5. The predicted octanol–water partition coefficient (Wildman–Crippen LogP) is 2.32. The van der Waals surface area contributed by atoms with E-state index in [-0.39, 0.29) is 28.2 Å². The van der Waals surface area contributed by atoms with Crippen molar-refractivity contribution in [2.75, 3.05) is 13.1 Å². The first-order chi connectivity index (χ1) is 11.1. The SMILES string of the molecule is O=C(c1ccc(Cl)cc1[N+](=O)[O-])N1CCC[C@@H](n2cncn2)C1. The summed E-state index contributed by atoms with van der Waals surface area (Å²) in [5.41, 5.74) is -0.219. The third kappa shape index (κ3) is 3.16. The second-order valence-electron chi connectivity index (χ2n) is 5.34. The highest BCUT2D eigenvalue weighted by Gasteiger charge is 2.29. The fourth-order valence-electron chi connectivity index (χ4n) is 2.77. The smallest absolute Gasteiger partial charge is 0.283 e. The molecule has 8 nitrogen and oxygen atoms in total. The number of benzene rings is 1. The van der Waals surface area contributed by atoms with Gasteiger partial charge in [-0.05, 0) is 25.0 Å². The van der Waals surface area contributed by atoms with Gasteiger partial charge in [-0.15, -0.1) is 0 Å². The van der Waals surface area contributed by atoms with Gasteiger partial charge in [0.15, 0.2) is 0 Å². The molecular weight excluding hydrogens is 322 g/mol. The molecule has 2 heterocycles. The van der Waals surface area contributed by atoms with Crippen LogP contribution in [0.15, 0.2) is 30.9 Å². The molecule has 3 rings (SSSR count). The lowest BCUT2D eigenvalue weighted by Gasteiger charge is -2.32. The summed E-state index contributed by atoms with van der Waals surface area (Å²) in [6.07, 6.45) is 4.75. The van der Waals surface area contributed by atoms with Crippen molar-refractivity contribution in [3.8, 4) is 0 Å². The first-order valence-corrected chi connectivity index (χ1v) is 7.51. The minimum atomic E-state index is -0.585. The van der Waals surface area contributed by atoms with Crippen molar-refractivity contribution in [1.82, 2.24) is 19.7 Å². The molecular formula is C14H14ClN5O3. The van der Waals surface area contributed by atoms with Crippen LogP contribution in [0.4, 0.5) is 5.69 Å². The van der Waals surface area contributed by atoms with Gasteiger partial charge in [-0.25, -0.2) is 9.67 Å². The van der Waals surface area contributed by atoms with Crippen LogP contribution in [-0.4, -0.2) is 43.6 Å². The molecule has 0 N–H and O–H groups in total. The van der Waals surface area contributed by atoms with Crippen LogP contribution in [0, 0.1) is 10.1 Å². The molecule has 0 saturated carbocycles. The maximum Gasteiger partial charge on any atom is 0.283 e. The van der Waals surface area contributed by atoms with Crippen LogP contribution in [0.3, 0.4) is 0 Å². The van der Waals surface area contributed by atoms with Gasteiger partial charge in [-0.2, -0.15) is 5.10 Å². The van der Waals surface area contributed by atoms with Gasteiger partial charge in [0.25, 0.3) is 11.6 Å². The number of carbonyl (C=O) groups excluding carboxylic acids is 1. The number of nitro groups is 1. The number of likely N-dealkylation sites (tertiary alicyclic amines) is 1. The predicted molar refractivity (Wildman–Crippen MR) is 82.3 cm³/mol. The molecule has 1 atom stereocenters. The van der Waals surface area contributed by atoms with E-state index in [2.05, 4.69) is 10.1 Å². The van der Waals surface area contributed by atoms with Crippen molar-refractivity contribution < 1.29 is 9.72 Å². The van der Waals surface area contributed by atoms with Gasteiger partial charge in [0.1, 0.15) is 18.2 Å². The van der Waals surface area contributed by atoms with Gasteiger partial charge in [-0.1, -0.05) is 11.6 Å². The molecule has 1 aromatic heterocycles. The Kier molecular flexibility index (Phi) is 4.24. The number of amides is 1. The van der Waals surface area contributed by atoms with Gasteiger partial charge in [-0.3, -0.25) is 14.9 Å². The topological polar surface area (TPSA) is 94.2 Å². The fraction of sp³-hybridized carbons (Fsp3) is 0.357. The monoisotopic (exact) mass is 335 g/mol. The first kappa shape index (κ1) is 15.4. The van der Waals surface area contributed by atoms with Crippen LogP contribution in [0.5, 0.6) is 0 Å². The van der Waals surface area contributed by atoms with E-state index >= 15 is 0 Å². The first-order valence-electron chi connectivity index (χ1n) is 7.13. The number of hydrogen-bond acceptors (Lipinski definition) is 5. The average molecular weight is 336 g/mol. The second-order valence-corrected chi connectivity index (χ2v) is 5.78. The molecule has 1 aliphatic heterocycles. The highest BCUT2D eigenvalue weighted by Crippen LogP contribution is 2.27. The van der Waals surface area contributed by atoms with Gasteiger partial charge in [0, 0.05) is 24.2 Å². The summed E-state index contributed by atoms with van der Waals surface area (Å²) in [4.78, 5) is 28.8. The van der Waals surface area contributed by atoms with E-state index in [1.165, 1.54) is 24.5 Å². The van der Waals surface area contributed by atoms with Crippen molar-refractivity contribution in [3.05, 3.63) is 51.6 Å². The minimum absolute atomic E-state index is 0.0292. The Labute approximate surface area is 136 Å². The molecule has 1 saturated heterocycles. The number of hydrogen-bond donors (Lipinski definition) is 0. The lowest BCUT2D eigenvalue weighted by atomic mass is 10.0. The number of carbonyl (C=O) groups is 1. The Hall–Kier alpha value is -2.48. The van der Waals surface area contributed by atoms with Crippen LogP contribution in [0.25, 0.3) is 0 Å². The van der Waals surface area contributed by atoms with Gasteiger partial charge < -0.3 is 4.90 Å². The zero-order valence-electron chi connectivity index (χ0n) is 12.1. The third-order valence-corrected chi connectivity index (χ3v) is 4.12. The lowest BCUT2D eigenvalue weighted by Crippen LogP contribution is -2.41. The van der Waals surface area contributed by atoms with Gasteiger partial charge >= 0.3 is 0 Å². The molecule has 2 aromatic rings. The zero-order chi connectivity index (χ0) is 16.4. The van der Waals surface area contributed by atoms with Crippen molar-refractivity contribution in [1.29, 1.82) is 0 Å². The van der Waals surface area contributed by atoms with Crippen LogP contribution < -0.4 is 0 Å². The largest absolute Gasteiger partial charge is 0.336 e. The highest BCUT2D eigenvalue weighted by molar-refractivity contribution is 6.31. The molecule has 23 heavy (non-hydrogen) atoms. The zero-order valence-corrected chi connectivity index (χ0v) is 12.9. The Morgan fingerprint density at radius 1 is 1.43 bits per heavy atom. The highest BCUT2D eigenvalue weighted by atomic mass is 35.5. The number of nitro benzene ring substituents is 1. The molecule has 0 bridgehead atoms. The number of rotatable bonds is 3. The molecule has 1 aliphatic rings. The standard InChI is InChI=1S/C14H14ClN5O3/c15-10-3-4-12(13(6-10)20(22)23)14(21)18-5-1-2-11(7-18)19-9-16-8-17-19/h3-4,6,8-9,11H,1-2,5,7H2/t11-/m1/s1. The van der Waals surface area contributed by atoms with Crippen molar-refractivity contribution in [3.63, 3.8) is 0 Å². The molecule has 9 heteroatoms. The Balaban J connectivity index is 1.84. The molecule has 120 valence electrons. The molecule has 1 fully saturated rings. The summed E-state index contributed by atoms with van der Waals surface area (Å²) in [6.45, 7) is 1.01. The molecule has 0 aliphatic carbocycles.